The molecule has 4 nitrogen and oxygen atoms in total. The Morgan fingerprint density at radius 1 is 1.17 bits per heavy atom. The zero-order chi connectivity index (χ0) is 16.5. The maximum absolute atomic E-state index is 12.6. The predicted octanol–water partition coefficient (Wildman–Crippen LogP) is 3.50. The fourth-order valence-corrected chi connectivity index (χ4v) is 3.48. The summed E-state index contributed by atoms with van der Waals surface area (Å²) in [5, 5.41) is 10.4. The lowest BCUT2D eigenvalue weighted by atomic mass is 9.99. The first-order chi connectivity index (χ1) is 11.7. The molecule has 0 amide bonds. The molecule has 0 radical (unpaired) electrons. The lowest BCUT2D eigenvalue weighted by Gasteiger charge is -2.28. The summed E-state index contributed by atoms with van der Waals surface area (Å²) in [6.07, 6.45) is 3.29. The maximum Gasteiger partial charge on any atom is 0.166 e. The molecule has 0 unspecified atom stereocenters. The van der Waals surface area contributed by atoms with Crippen molar-refractivity contribution in [3.8, 4) is 5.75 Å². The van der Waals surface area contributed by atoms with Crippen molar-refractivity contribution in [1.29, 1.82) is 0 Å². The first-order valence-corrected chi connectivity index (χ1v) is 8.33. The summed E-state index contributed by atoms with van der Waals surface area (Å²) in [4.78, 5) is 18.0. The number of aromatic amines is 1. The number of rotatable bonds is 4. The third-order valence-electron chi connectivity index (χ3n) is 4.83. The van der Waals surface area contributed by atoms with Gasteiger partial charge in [0.05, 0.1) is 0 Å². The summed E-state index contributed by atoms with van der Waals surface area (Å²) in [6, 6.07) is 13.6. The Bertz CT molecular complexity index is 898. The zero-order valence-electron chi connectivity index (χ0n) is 13.5. The smallest absolute Gasteiger partial charge is 0.166 e. The van der Waals surface area contributed by atoms with Gasteiger partial charge in [0.1, 0.15) is 5.75 Å². The number of phenolic OH excluding ortho intramolecular Hbond substituents is 1. The molecule has 0 atom stereocenters. The van der Waals surface area contributed by atoms with Gasteiger partial charge in [-0.25, -0.2) is 0 Å². The molecular weight excluding hydrogens is 300 g/mol. The van der Waals surface area contributed by atoms with E-state index in [1.807, 2.05) is 0 Å². The van der Waals surface area contributed by atoms with Crippen LogP contribution in [0.5, 0.6) is 5.75 Å². The second kappa shape index (κ2) is 6.13. The van der Waals surface area contributed by atoms with E-state index in [0.29, 0.717) is 12.0 Å². The summed E-state index contributed by atoms with van der Waals surface area (Å²) in [7, 11) is 0. The number of Topliss-reactive ketones (excluding diaryl/α,β-unsaturated/α-hetero) is 1. The molecule has 1 aliphatic rings. The number of hydrogen-bond donors (Lipinski definition) is 2. The second-order valence-electron chi connectivity index (χ2n) is 6.40. The molecule has 24 heavy (non-hydrogen) atoms. The number of carbonyl (C=O) groups is 1. The molecule has 0 saturated heterocycles. The molecule has 122 valence electrons. The summed E-state index contributed by atoms with van der Waals surface area (Å²) < 4.78 is 0. The first-order valence-electron chi connectivity index (χ1n) is 8.33. The number of nitrogens with one attached hydrogen (secondary N) is 1. The molecule has 1 aliphatic heterocycles. The highest BCUT2D eigenvalue weighted by molar-refractivity contribution is 6.08. The Labute approximate surface area is 140 Å². The largest absolute Gasteiger partial charge is 0.508 e. The Kier molecular flexibility index (Phi) is 3.82. The number of nitrogens with zero attached hydrogens (tertiary/aromatic N) is 1. The van der Waals surface area contributed by atoms with Crippen molar-refractivity contribution in [1.82, 2.24) is 9.88 Å². The number of aromatic hydroxyl groups is 1. The van der Waals surface area contributed by atoms with Crippen molar-refractivity contribution in [3.63, 3.8) is 0 Å². The lowest BCUT2D eigenvalue weighted by Crippen LogP contribution is -2.32. The SMILES string of the molecule is O=C(CCN1CCc2ccccc2C1)c1c[nH]c2ccc(O)cc12. The fourth-order valence-electron chi connectivity index (χ4n) is 3.48. The number of phenols is 1. The third-order valence-corrected chi connectivity index (χ3v) is 4.83. The monoisotopic (exact) mass is 320 g/mol. The topological polar surface area (TPSA) is 56.3 Å². The van der Waals surface area contributed by atoms with Gasteiger partial charge in [0.2, 0.25) is 0 Å². The molecule has 0 aliphatic carbocycles. The number of carbonyl (C=O) groups excluding carboxylic acids is 1. The van der Waals surface area contributed by atoms with Crippen LogP contribution >= 0.6 is 0 Å². The highest BCUT2D eigenvalue weighted by Crippen LogP contribution is 2.24. The lowest BCUT2D eigenvalue weighted by molar-refractivity contribution is 0.0962. The van der Waals surface area contributed by atoms with Gasteiger partial charge in [0, 0.05) is 48.7 Å². The van der Waals surface area contributed by atoms with Gasteiger partial charge >= 0.3 is 0 Å². The number of ketones is 1. The van der Waals surface area contributed by atoms with Crippen molar-refractivity contribution in [3.05, 3.63) is 65.4 Å². The van der Waals surface area contributed by atoms with Crippen molar-refractivity contribution < 1.29 is 9.90 Å². The van der Waals surface area contributed by atoms with Crippen molar-refractivity contribution >= 4 is 16.7 Å². The Morgan fingerprint density at radius 2 is 2.00 bits per heavy atom. The number of benzene rings is 2. The highest BCUT2D eigenvalue weighted by Gasteiger charge is 2.18. The highest BCUT2D eigenvalue weighted by atomic mass is 16.3. The van der Waals surface area contributed by atoms with Crippen LogP contribution in [0, 0.1) is 0 Å². The number of H-pyrrole nitrogens is 1. The first kappa shape index (κ1) is 15.0. The predicted molar refractivity (Wildman–Crippen MR) is 94.3 cm³/mol. The van der Waals surface area contributed by atoms with Crippen LogP contribution in [0.25, 0.3) is 10.9 Å². The average molecular weight is 320 g/mol. The molecule has 2 aromatic carbocycles. The Balaban J connectivity index is 1.44. The Hall–Kier alpha value is -2.59. The van der Waals surface area contributed by atoms with Crippen LogP contribution in [0.3, 0.4) is 0 Å². The minimum absolute atomic E-state index is 0.116. The zero-order valence-corrected chi connectivity index (χ0v) is 13.5. The van der Waals surface area contributed by atoms with Gasteiger partial charge in [-0.2, -0.15) is 0 Å². The van der Waals surface area contributed by atoms with Crippen molar-refractivity contribution in [2.24, 2.45) is 0 Å². The standard InChI is InChI=1S/C20H20N2O2/c23-16-5-6-19-17(11-16)18(12-21-19)20(24)8-10-22-9-7-14-3-1-2-4-15(14)13-22/h1-6,11-12,21,23H,7-10,13H2. The summed E-state index contributed by atoms with van der Waals surface area (Å²) >= 11 is 0. The van der Waals surface area contributed by atoms with Gasteiger partial charge in [-0.1, -0.05) is 24.3 Å². The minimum Gasteiger partial charge on any atom is -0.508 e. The van der Waals surface area contributed by atoms with Gasteiger partial charge in [-0.3, -0.25) is 9.69 Å². The number of aromatic nitrogens is 1. The van der Waals surface area contributed by atoms with E-state index in [1.54, 1.807) is 24.4 Å². The van der Waals surface area contributed by atoms with Crippen LogP contribution in [0.15, 0.2) is 48.7 Å². The van der Waals surface area contributed by atoms with E-state index in [0.717, 1.165) is 37.0 Å². The van der Waals surface area contributed by atoms with Gasteiger partial charge in [0.15, 0.2) is 5.78 Å². The molecular formula is C20H20N2O2. The van der Waals surface area contributed by atoms with E-state index in [2.05, 4.69) is 34.1 Å². The summed E-state index contributed by atoms with van der Waals surface area (Å²) in [5.74, 6) is 0.300. The van der Waals surface area contributed by atoms with E-state index in [1.165, 1.54) is 11.1 Å². The van der Waals surface area contributed by atoms with Crippen molar-refractivity contribution in [2.75, 3.05) is 13.1 Å². The van der Waals surface area contributed by atoms with Gasteiger partial charge in [0.25, 0.3) is 0 Å². The van der Waals surface area contributed by atoms with Crippen molar-refractivity contribution in [2.45, 2.75) is 19.4 Å². The number of hydrogen-bond acceptors (Lipinski definition) is 3. The molecule has 3 aromatic rings. The number of fused-ring (bicyclic) bond motifs is 2. The van der Waals surface area contributed by atoms with Crippen LogP contribution in [0.4, 0.5) is 0 Å². The molecule has 2 N–H and O–H groups in total. The van der Waals surface area contributed by atoms with Crippen LogP contribution in [0.1, 0.15) is 27.9 Å². The van der Waals surface area contributed by atoms with E-state index < -0.39 is 0 Å². The molecule has 0 fully saturated rings. The second-order valence-corrected chi connectivity index (χ2v) is 6.40. The quantitative estimate of drug-likeness (QED) is 0.723. The summed E-state index contributed by atoms with van der Waals surface area (Å²) in [5.41, 5.74) is 4.33. The van der Waals surface area contributed by atoms with E-state index >= 15 is 0 Å². The van der Waals surface area contributed by atoms with Gasteiger partial charge in [-0.05, 0) is 35.7 Å². The fraction of sp³-hybridized carbons (Fsp3) is 0.250. The van der Waals surface area contributed by atoms with E-state index in [9.17, 15) is 9.90 Å². The molecule has 0 saturated carbocycles. The normalized spacial score (nSPS) is 14.7. The van der Waals surface area contributed by atoms with Crippen LogP contribution in [-0.2, 0) is 13.0 Å². The van der Waals surface area contributed by atoms with Crippen LogP contribution in [-0.4, -0.2) is 33.9 Å². The molecule has 2 heterocycles. The molecule has 0 spiro atoms. The van der Waals surface area contributed by atoms with Gasteiger partial charge in [-0.15, -0.1) is 0 Å². The maximum atomic E-state index is 12.6. The van der Waals surface area contributed by atoms with E-state index in [4.69, 9.17) is 0 Å². The molecule has 0 bridgehead atoms. The van der Waals surface area contributed by atoms with E-state index in [-0.39, 0.29) is 11.5 Å². The molecule has 4 heteroatoms. The van der Waals surface area contributed by atoms with Gasteiger partial charge < -0.3 is 10.1 Å². The average Bonchev–Trinajstić information content (AvgIpc) is 3.02. The Morgan fingerprint density at radius 3 is 2.88 bits per heavy atom. The van der Waals surface area contributed by atoms with Crippen LogP contribution < -0.4 is 0 Å². The third kappa shape index (κ3) is 2.81. The van der Waals surface area contributed by atoms with Crippen LogP contribution in [0.2, 0.25) is 0 Å². The molecule has 1 aromatic heterocycles. The minimum atomic E-state index is 0.116. The summed E-state index contributed by atoms with van der Waals surface area (Å²) in [6.45, 7) is 2.68. The molecule has 4 rings (SSSR count).